The standard InChI is InChI=1S/C16H19N3O4/c1-16(10-14(20)21,11-5-4-6-12(9-11)23-3)18-15(22)13-7-8-17-19(13)2/h4-9H,10H2,1-3H3,(H,18,22)(H,20,21). The summed E-state index contributed by atoms with van der Waals surface area (Å²) in [5.41, 5.74) is -0.0823. The summed E-state index contributed by atoms with van der Waals surface area (Å²) in [5.74, 6) is -0.814. The summed E-state index contributed by atoms with van der Waals surface area (Å²) >= 11 is 0. The van der Waals surface area contributed by atoms with Crippen LogP contribution in [0.15, 0.2) is 36.5 Å². The number of aromatic nitrogens is 2. The van der Waals surface area contributed by atoms with E-state index in [-0.39, 0.29) is 6.42 Å². The normalized spacial score (nSPS) is 13.2. The molecular weight excluding hydrogens is 298 g/mol. The average molecular weight is 317 g/mol. The van der Waals surface area contributed by atoms with E-state index >= 15 is 0 Å². The number of ether oxygens (including phenoxy) is 1. The van der Waals surface area contributed by atoms with Gasteiger partial charge in [0.1, 0.15) is 11.4 Å². The van der Waals surface area contributed by atoms with Crippen molar-refractivity contribution in [3.05, 3.63) is 47.8 Å². The summed E-state index contributed by atoms with van der Waals surface area (Å²) in [4.78, 5) is 23.7. The Morgan fingerprint density at radius 1 is 1.39 bits per heavy atom. The summed E-state index contributed by atoms with van der Waals surface area (Å²) in [6, 6.07) is 8.56. The summed E-state index contributed by atoms with van der Waals surface area (Å²) in [5, 5.41) is 16.0. The molecule has 7 nitrogen and oxygen atoms in total. The second-order valence-corrected chi connectivity index (χ2v) is 5.43. The predicted octanol–water partition coefficient (Wildman–Crippen LogP) is 1.55. The molecule has 0 bridgehead atoms. The van der Waals surface area contributed by atoms with E-state index in [1.807, 2.05) is 0 Å². The number of aliphatic carboxylic acids is 1. The Labute approximate surface area is 133 Å². The van der Waals surface area contributed by atoms with E-state index in [9.17, 15) is 14.7 Å². The maximum absolute atomic E-state index is 12.5. The number of nitrogens with zero attached hydrogens (tertiary/aromatic N) is 2. The van der Waals surface area contributed by atoms with E-state index in [0.29, 0.717) is 17.0 Å². The van der Waals surface area contributed by atoms with Crippen LogP contribution >= 0.6 is 0 Å². The molecule has 0 fully saturated rings. The third kappa shape index (κ3) is 3.68. The Balaban J connectivity index is 2.37. The number of hydrogen-bond donors (Lipinski definition) is 2. The Bertz CT molecular complexity index is 726. The summed E-state index contributed by atoms with van der Waals surface area (Å²) in [6.07, 6.45) is 1.25. The van der Waals surface area contributed by atoms with Crippen LogP contribution in [0.4, 0.5) is 0 Å². The molecule has 1 atom stereocenters. The van der Waals surface area contributed by atoms with E-state index in [1.54, 1.807) is 44.3 Å². The fourth-order valence-corrected chi connectivity index (χ4v) is 2.40. The molecule has 7 heteroatoms. The van der Waals surface area contributed by atoms with Gasteiger partial charge in [0.05, 0.1) is 19.1 Å². The van der Waals surface area contributed by atoms with Gasteiger partial charge in [0.15, 0.2) is 0 Å². The zero-order chi connectivity index (χ0) is 17.0. The minimum atomic E-state index is -1.08. The Kier molecular flexibility index (Phi) is 4.68. The fraction of sp³-hybridized carbons (Fsp3) is 0.312. The lowest BCUT2D eigenvalue weighted by Crippen LogP contribution is -2.45. The highest BCUT2D eigenvalue weighted by atomic mass is 16.5. The molecule has 0 aliphatic heterocycles. The van der Waals surface area contributed by atoms with Crippen LogP contribution in [0.25, 0.3) is 0 Å². The molecule has 1 unspecified atom stereocenters. The Morgan fingerprint density at radius 3 is 2.70 bits per heavy atom. The molecule has 2 N–H and O–H groups in total. The summed E-state index contributed by atoms with van der Waals surface area (Å²) in [7, 11) is 3.18. The monoisotopic (exact) mass is 317 g/mol. The Hall–Kier alpha value is -2.83. The molecule has 0 aliphatic carbocycles. The number of carboxylic acids is 1. The van der Waals surface area contributed by atoms with E-state index in [1.165, 1.54) is 18.0 Å². The SMILES string of the molecule is COc1cccc(C(C)(CC(=O)O)NC(=O)c2ccnn2C)c1. The van der Waals surface area contributed by atoms with Gasteiger partial charge < -0.3 is 15.2 Å². The highest BCUT2D eigenvalue weighted by Crippen LogP contribution is 2.28. The number of benzene rings is 1. The van der Waals surface area contributed by atoms with Crippen molar-refractivity contribution in [1.82, 2.24) is 15.1 Å². The molecule has 0 saturated carbocycles. The third-order valence-corrected chi connectivity index (χ3v) is 3.65. The molecule has 0 saturated heterocycles. The van der Waals surface area contributed by atoms with Gasteiger partial charge in [0, 0.05) is 13.2 Å². The van der Waals surface area contributed by atoms with Gasteiger partial charge in [-0.1, -0.05) is 12.1 Å². The topological polar surface area (TPSA) is 93.4 Å². The van der Waals surface area contributed by atoms with Crippen molar-refractivity contribution in [2.75, 3.05) is 7.11 Å². The first kappa shape index (κ1) is 16.5. The molecule has 1 aromatic carbocycles. The van der Waals surface area contributed by atoms with Crippen molar-refractivity contribution >= 4 is 11.9 Å². The number of hydrogen-bond acceptors (Lipinski definition) is 4. The van der Waals surface area contributed by atoms with E-state index in [4.69, 9.17) is 4.74 Å². The molecule has 2 aromatic rings. The highest BCUT2D eigenvalue weighted by Gasteiger charge is 2.32. The van der Waals surface area contributed by atoms with Crippen molar-refractivity contribution < 1.29 is 19.4 Å². The lowest BCUT2D eigenvalue weighted by atomic mass is 9.88. The minimum Gasteiger partial charge on any atom is -0.497 e. The van der Waals surface area contributed by atoms with Crippen LogP contribution in [0.3, 0.4) is 0 Å². The largest absolute Gasteiger partial charge is 0.497 e. The lowest BCUT2D eigenvalue weighted by Gasteiger charge is -2.30. The van der Waals surface area contributed by atoms with Crippen molar-refractivity contribution in [3.63, 3.8) is 0 Å². The third-order valence-electron chi connectivity index (χ3n) is 3.65. The average Bonchev–Trinajstić information content (AvgIpc) is 2.92. The van der Waals surface area contributed by atoms with Gasteiger partial charge in [-0.25, -0.2) is 0 Å². The minimum absolute atomic E-state index is 0.260. The predicted molar refractivity (Wildman–Crippen MR) is 83.3 cm³/mol. The van der Waals surface area contributed by atoms with Crippen LogP contribution in [-0.4, -0.2) is 33.9 Å². The van der Waals surface area contributed by atoms with Crippen LogP contribution < -0.4 is 10.1 Å². The van der Waals surface area contributed by atoms with Gasteiger partial charge >= 0.3 is 5.97 Å². The summed E-state index contributed by atoms with van der Waals surface area (Å²) < 4.78 is 6.61. The van der Waals surface area contributed by atoms with Gasteiger partial charge in [-0.3, -0.25) is 14.3 Å². The molecule has 2 rings (SSSR count). The van der Waals surface area contributed by atoms with E-state index < -0.39 is 17.4 Å². The highest BCUT2D eigenvalue weighted by molar-refractivity contribution is 5.93. The molecule has 1 heterocycles. The smallest absolute Gasteiger partial charge is 0.306 e. The molecule has 0 aliphatic rings. The van der Waals surface area contributed by atoms with Crippen LogP contribution in [0.5, 0.6) is 5.75 Å². The maximum atomic E-state index is 12.5. The molecule has 122 valence electrons. The first-order chi connectivity index (χ1) is 10.9. The van der Waals surface area contributed by atoms with E-state index in [2.05, 4.69) is 10.4 Å². The number of carbonyl (C=O) groups excluding carboxylic acids is 1. The number of carboxylic acid groups (broad SMARTS) is 1. The van der Waals surface area contributed by atoms with Gasteiger partial charge in [-0.2, -0.15) is 5.10 Å². The zero-order valence-corrected chi connectivity index (χ0v) is 13.2. The zero-order valence-electron chi connectivity index (χ0n) is 13.2. The quantitative estimate of drug-likeness (QED) is 0.843. The Morgan fingerprint density at radius 2 is 2.13 bits per heavy atom. The first-order valence-electron chi connectivity index (χ1n) is 7.02. The molecule has 1 amide bonds. The fourth-order valence-electron chi connectivity index (χ4n) is 2.40. The van der Waals surface area contributed by atoms with Gasteiger partial charge in [-0.15, -0.1) is 0 Å². The number of amides is 1. The second kappa shape index (κ2) is 6.51. The van der Waals surface area contributed by atoms with Crippen molar-refractivity contribution in [1.29, 1.82) is 0 Å². The molecule has 23 heavy (non-hydrogen) atoms. The number of carbonyl (C=O) groups is 2. The maximum Gasteiger partial charge on any atom is 0.306 e. The van der Waals surface area contributed by atoms with Crippen LogP contribution in [0.2, 0.25) is 0 Å². The van der Waals surface area contributed by atoms with Crippen LogP contribution in [-0.2, 0) is 17.4 Å². The number of nitrogens with one attached hydrogen (secondary N) is 1. The molecular formula is C16H19N3O4. The van der Waals surface area contributed by atoms with E-state index in [0.717, 1.165) is 0 Å². The number of methoxy groups -OCH3 is 1. The number of rotatable bonds is 6. The second-order valence-electron chi connectivity index (χ2n) is 5.43. The first-order valence-corrected chi connectivity index (χ1v) is 7.02. The van der Waals surface area contributed by atoms with Crippen molar-refractivity contribution in [2.45, 2.75) is 18.9 Å². The van der Waals surface area contributed by atoms with Gasteiger partial charge in [0.25, 0.3) is 5.91 Å². The molecule has 1 aromatic heterocycles. The van der Waals surface area contributed by atoms with Gasteiger partial charge in [-0.05, 0) is 30.7 Å². The van der Waals surface area contributed by atoms with Crippen molar-refractivity contribution in [2.24, 2.45) is 7.05 Å². The number of aryl methyl sites for hydroxylation is 1. The van der Waals surface area contributed by atoms with Crippen molar-refractivity contribution in [3.8, 4) is 5.75 Å². The lowest BCUT2D eigenvalue weighted by molar-refractivity contribution is -0.138. The van der Waals surface area contributed by atoms with Gasteiger partial charge in [0.2, 0.25) is 0 Å². The summed E-state index contributed by atoms with van der Waals surface area (Å²) in [6.45, 7) is 1.67. The van der Waals surface area contributed by atoms with Crippen LogP contribution in [0.1, 0.15) is 29.4 Å². The molecule has 0 spiro atoms. The molecule has 0 radical (unpaired) electrons. The van der Waals surface area contributed by atoms with Crippen LogP contribution in [0, 0.1) is 0 Å².